The molecule has 1 aromatic rings. The number of rotatable bonds is 3. The standard InChI is InChI=1S/C7H8N2O2S/c8-7(11)9-5(4-10)6-2-1-3-12-6/h1-5H,(H3,8,9,11). The summed E-state index contributed by atoms with van der Waals surface area (Å²) in [5.41, 5.74) is 4.87. The van der Waals surface area contributed by atoms with E-state index in [1.54, 1.807) is 12.1 Å². The van der Waals surface area contributed by atoms with Crippen LogP contribution in [0.4, 0.5) is 4.79 Å². The third kappa shape index (κ3) is 2.06. The van der Waals surface area contributed by atoms with E-state index < -0.39 is 12.1 Å². The average Bonchev–Trinajstić information content (AvgIpc) is 2.51. The molecule has 0 bridgehead atoms. The molecule has 1 atom stereocenters. The van der Waals surface area contributed by atoms with Gasteiger partial charge in [-0.05, 0) is 11.4 Å². The molecule has 0 aromatic carbocycles. The van der Waals surface area contributed by atoms with Gasteiger partial charge < -0.3 is 15.8 Å². The van der Waals surface area contributed by atoms with Crippen LogP contribution in [0.2, 0.25) is 0 Å². The SMILES string of the molecule is NC(=O)NC(C=O)c1cccs1. The Bertz CT molecular complexity index is 271. The summed E-state index contributed by atoms with van der Waals surface area (Å²) >= 11 is 1.40. The molecule has 1 rings (SSSR count). The first kappa shape index (κ1) is 8.73. The van der Waals surface area contributed by atoms with E-state index in [1.807, 2.05) is 5.38 Å². The molecule has 1 aromatic heterocycles. The van der Waals surface area contributed by atoms with Crippen molar-refractivity contribution >= 4 is 23.7 Å². The van der Waals surface area contributed by atoms with Crippen LogP contribution in [0, 0.1) is 0 Å². The maximum Gasteiger partial charge on any atom is 0.313 e. The van der Waals surface area contributed by atoms with Gasteiger partial charge in [-0.15, -0.1) is 11.3 Å². The summed E-state index contributed by atoms with van der Waals surface area (Å²) in [7, 11) is 0. The molecule has 4 nitrogen and oxygen atoms in total. The second kappa shape index (κ2) is 3.87. The topological polar surface area (TPSA) is 72.2 Å². The number of primary amides is 1. The van der Waals surface area contributed by atoms with Gasteiger partial charge in [-0.1, -0.05) is 6.07 Å². The smallest absolute Gasteiger partial charge is 0.313 e. The van der Waals surface area contributed by atoms with E-state index in [2.05, 4.69) is 5.32 Å². The highest BCUT2D eigenvalue weighted by Gasteiger charge is 2.11. The molecule has 0 saturated carbocycles. The van der Waals surface area contributed by atoms with Gasteiger partial charge in [0, 0.05) is 4.88 Å². The third-order valence-corrected chi connectivity index (χ3v) is 2.24. The fraction of sp³-hybridized carbons (Fsp3) is 0.143. The second-order valence-corrected chi connectivity index (χ2v) is 3.12. The molecule has 3 N–H and O–H groups in total. The molecular formula is C7H8N2O2S. The van der Waals surface area contributed by atoms with Crippen molar-refractivity contribution in [3.05, 3.63) is 22.4 Å². The first-order valence-corrected chi connectivity index (χ1v) is 4.16. The highest BCUT2D eigenvalue weighted by atomic mass is 32.1. The first-order valence-electron chi connectivity index (χ1n) is 3.28. The van der Waals surface area contributed by atoms with E-state index >= 15 is 0 Å². The Hall–Kier alpha value is -1.36. The van der Waals surface area contributed by atoms with Crippen LogP contribution in [0.3, 0.4) is 0 Å². The molecule has 0 aliphatic carbocycles. The molecule has 0 spiro atoms. The lowest BCUT2D eigenvalue weighted by Gasteiger charge is -2.07. The van der Waals surface area contributed by atoms with E-state index in [1.165, 1.54) is 11.3 Å². The lowest BCUT2D eigenvalue weighted by Crippen LogP contribution is -2.33. The molecule has 0 aliphatic heterocycles. The van der Waals surface area contributed by atoms with E-state index in [4.69, 9.17) is 5.73 Å². The molecule has 1 unspecified atom stereocenters. The fourth-order valence-corrected chi connectivity index (χ4v) is 1.53. The Morgan fingerprint density at radius 3 is 2.92 bits per heavy atom. The Balaban J connectivity index is 2.69. The quantitative estimate of drug-likeness (QED) is 0.677. The monoisotopic (exact) mass is 184 g/mol. The fourth-order valence-electron chi connectivity index (χ4n) is 0.794. The number of carbonyl (C=O) groups is 2. The minimum atomic E-state index is -0.694. The number of aldehydes is 1. The van der Waals surface area contributed by atoms with Crippen molar-refractivity contribution in [1.82, 2.24) is 5.32 Å². The van der Waals surface area contributed by atoms with Crippen molar-refractivity contribution < 1.29 is 9.59 Å². The van der Waals surface area contributed by atoms with Crippen LogP contribution < -0.4 is 11.1 Å². The summed E-state index contributed by atoms with van der Waals surface area (Å²) in [6, 6.07) is 2.27. The van der Waals surface area contributed by atoms with E-state index in [-0.39, 0.29) is 0 Å². The number of nitrogens with one attached hydrogen (secondary N) is 1. The summed E-state index contributed by atoms with van der Waals surface area (Å²) in [5.74, 6) is 0. The number of thiophene rings is 1. The zero-order valence-electron chi connectivity index (χ0n) is 6.19. The molecule has 64 valence electrons. The minimum Gasteiger partial charge on any atom is -0.352 e. The molecule has 0 aliphatic rings. The van der Waals surface area contributed by atoms with Crippen LogP contribution >= 0.6 is 11.3 Å². The van der Waals surface area contributed by atoms with Crippen LogP contribution in [0.15, 0.2) is 17.5 Å². The van der Waals surface area contributed by atoms with Crippen LogP contribution in [0.25, 0.3) is 0 Å². The van der Waals surface area contributed by atoms with Gasteiger partial charge in [0.15, 0.2) is 0 Å². The lowest BCUT2D eigenvalue weighted by molar-refractivity contribution is -0.109. The number of urea groups is 1. The first-order chi connectivity index (χ1) is 5.74. The molecule has 1 heterocycles. The zero-order chi connectivity index (χ0) is 8.97. The number of carbonyl (C=O) groups excluding carboxylic acids is 2. The number of hydrogen-bond donors (Lipinski definition) is 2. The largest absolute Gasteiger partial charge is 0.352 e. The lowest BCUT2D eigenvalue weighted by atomic mass is 10.3. The number of nitrogens with two attached hydrogens (primary N) is 1. The summed E-state index contributed by atoms with van der Waals surface area (Å²) in [4.78, 5) is 21.7. The Labute approximate surface area is 73.4 Å². The predicted molar refractivity (Wildman–Crippen MR) is 45.8 cm³/mol. The summed E-state index contributed by atoms with van der Waals surface area (Å²) in [6.45, 7) is 0. The summed E-state index contributed by atoms with van der Waals surface area (Å²) in [5, 5.41) is 4.14. The normalized spacial score (nSPS) is 12.0. The molecule has 12 heavy (non-hydrogen) atoms. The molecule has 0 saturated heterocycles. The van der Waals surface area contributed by atoms with Gasteiger partial charge in [-0.3, -0.25) is 0 Å². The Morgan fingerprint density at radius 2 is 2.50 bits per heavy atom. The molecule has 5 heteroatoms. The molecule has 2 amide bonds. The van der Waals surface area contributed by atoms with Gasteiger partial charge in [0.05, 0.1) is 0 Å². The van der Waals surface area contributed by atoms with Crippen molar-refractivity contribution in [1.29, 1.82) is 0 Å². The van der Waals surface area contributed by atoms with Crippen LogP contribution in [0.1, 0.15) is 10.9 Å². The van der Waals surface area contributed by atoms with Crippen LogP contribution in [0.5, 0.6) is 0 Å². The zero-order valence-corrected chi connectivity index (χ0v) is 7.01. The summed E-state index contributed by atoms with van der Waals surface area (Å²) < 4.78 is 0. The van der Waals surface area contributed by atoms with Crippen molar-refractivity contribution in [2.45, 2.75) is 6.04 Å². The highest BCUT2D eigenvalue weighted by molar-refractivity contribution is 7.10. The van der Waals surface area contributed by atoms with E-state index in [9.17, 15) is 9.59 Å². The van der Waals surface area contributed by atoms with Gasteiger partial charge in [0.2, 0.25) is 0 Å². The number of hydrogen-bond acceptors (Lipinski definition) is 3. The van der Waals surface area contributed by atoms with E-state index in [0.717, 1.165) is 4.88 Å². The maximum absolute atomic E-state index is 10.5. The highest BCUT2D eigenvalue weighted by Crippen LogP contribution is 2.16. The van der Waals surface area contributed by atoms with Gasteiger partial charge >= 0.3 is 6.03 Å². The molecule has 0 radical (unpaired) electrons. The van der Waals surface area contributed by atoms with Crippen molar-refractivity contribution in [3.63, 3.8) is 0 Å². The average molecular weight is 184 g/mol. The van der Waals surface area contributed by atoms with E-state index in [0.29, 0.717) is 6.29 Å². The number of amides is 2. The predicted octanol–water partition coefficient (Wildman–Crippen LogP) is 0.656. The van der Waals surface area contributed by atoms with Gasteiger partial charge in [0.25, 0.3) is 0 Å². The van der Waals surface area contributed by atoms with Gasteiger partial charge in [-0.25, -0.2) is 4.79 Å². The van der Waals surface area contributed by atoms with Crippen LogP contribution in [-0.4, -0.2) is 12.3 Å². The molecular weight excluding hydrogens is 176 g/mol. The third-order valence-electron chi connectivity index (χ3n) is 1.28. The minimum absolute atomic E-state index is 0.609. The Kier molecular flexibility index (Phi) is 2.82. The van der Waals surface area contributed by atoms with Gasteiger partial charge in [-0.2, -0.15) is 0 Å². The second-order valence-electron chi connectivity index (χ2n) is 2.14. The van der Waals surface area contributed by atoms with Crippen LogP contribution in [-0.2, 0) is 4.79 Å². The van der Waals surface area contributed by atoms with Crippen molar-refractivity contribution in [3.8, 4) is 0 Å². The molecule has 0 fully saturated rings. The summed E-state index contributed by atoms with van der Waals surface area (Å²) in [6.07, 6.45) is 0.649. The Morgan fingerprint density at radius 1 is 1.75 bits per heavy atom. The maximum atomic E-state index is 10.5. The van der Waals surface area contributed by atoms with Crippen molar-refractivity contribution in [2.75, 3.05) is 0 Å². The van der Waals surface area contributed by atoms with Crippen molar-refractivity contribution in [2.24, 2.45) is 5.73 Å². The van der Waals surface area contributed by atoms with Gasteiger partial charge in [0.1, 0.15) is 12.3 Å².